The molecule has 0 radical (unpaired) electrons. The number of hydrogen-bond donors (Lipinski definition) is 0. The summed E-state index contributed by atoms with van der Waals surface area (Å²) in [4.78, 5) is 12.2. The zero-order valence-corrected chi connectivity index (χ0v) is 12.2. The topological polar surface area (TPSA) is 34.9 Å². The standard InChI is InChI=1S/C15H11IN2O/c16-13-7-5-11(6-8-13)15(19)10-18-14-4-2-1-3-12(14)9-17-18/h1-9H,10H2. The Kier molecular flexibility index (Phi) is 3.33. The van der Waals surface area contributed by atoms with Crippen LogP contribution in [0.1, 0.15) is 10.4 Å². The summed E-state index contributed by atoms with van der Waals surface area (Å²) in [7, 11) is 0. The molecule has 94 valence electrons. The second kappa shape index (κ2) is 5.13. The van der Waals surface area contributed by atoms with Gasteiger partial charge in [0.05, 0.1) is 11.7 Å². The first kappa shape index (κ1) is 12.3. The smallest absolute Gasteiger partial charge is 0.184 e. The van der Waals surface area contributed by atoms with Crippen molar-refractivity contribution >= 4 is 39.3 Å². The molecule has 0 saturated carbocycles. The Morgan fingerprint density at radius 3 is 2.63 bits per heavy atom. The molecule has 0 N–H and O–H groups in total. The van der Waals surface area contributed by atoms with E-state index in [4.69, 9.17) is 0 Å². The van der Waals surface area contributed by atoms with Gasteiger partial charge < -0.3 is 0 Å². The van der Waals surface area contributed by atoms with Crippen molar-refractivity contribution < 1.29 is 4.79 Å². The van der Waals surface area contributed by atoms with Gasteiger partial charge in [0.1, 0.15) is 6.54 Å². The van der Waals surface area contributed by atoms with Gasteiger partial charge in [0, 0.05) is 14.5 Å². The van der Waals surface area contributed by atoms with E-state index < -0.39 is 0 Å². The van der Waals surface area contributed by atoms with Crippen LogP contribution in [0.5, 0.6) is 0 Å². The van der Waals surface area contributed by atoms with Gasteiger partial charge in [-0.15, -0.1) is 0 Å². The molecule has 0 aliphatic carbocycles. The number of hydrogen-bond acceptors (Lipinski definition) is 2. The number of Topliss-reactive ketones (excluding diaryl/α,β-unsaturated/α-hetero) is 1. The fourth-order valence-electron chi connectivity index (χ4n) is 2.01. The lowest BCUT2D eigenvalue weighted by molar-refractivity contribution is 0.0969. The highest BCUT2D eigenvalue weighted by Crippen LogP contribution is 2.14. The summed E-state index contributed by atoms with van der Waals surface area (Å²) in [5.74, 6) is 0.0743. The molecule has 0 saturated heterocycles. The van der Waals surface area contributed by atoms with Crippen molar-refractivity contribution in [2.45, 2.75) is 6.54 Å². The van der Waals surface area contributed by atoms with Gasteiger partial charge in [0.15, 0.2) is 5.78 Å². The van der Waals surface area contributed by atoms with Gasteiger partial charge in [0.25, 0.3) is 0 Å². The lowest BCUT2D eigenvalue weighted by atomic mass is 10.1. The molecule has 19 heavy (non-hydrogen) atoms. The molecule has 3 rings (SSSR count). The average molecular weight is 362 g/mol. The molecule has 0 aliphatic rings. The SMILES string of the molecule is O=C(Cn1ncc2ccccc21)c1ccc(I)cc1. The molecule has 0 amide bonds. The molecule has 0 fully saturated rings. The zero-order chi connectivity index (χ0) is 13.2. The van der Waals surface area contributed by atoms with Gasteiger partial charge in [-0.2, -0.15) is 5.10 Å². The molecule has 0 spiro atoms. The quantitative estimate of drug-likeness (QED) is 0.528. The van der Waals surface area contributed by atoms with E-state index in [2.05, 4.69) is 27.7 Å². The number of carbonyl (C=O) groups is 1. The van der Waals surface area contributed by atoms with E-state index in [0.29, 0.717) is 0 Å². The first-order valence-corrected chi connectivity index (χ1v) is 7.01. The third-order valence-electron chi connectivity index (χ3n) is 3.01. The van der Waals surface area contributed by atoms with Crippen LogP contribution in [0.3, 0.4) is 0 Å². The van der Waals surface area contributed by atoms with Crippen LogP contribution < -0.4 is 0 Å². The van der Waals surface area contributed by atoms with Gasteiger partial charge in [-0.3, -0.25) is 9.48 Å². The maximum Gasteiger partial charge on any atom is 0.184 e. The number of benzene rings is 2. The molecule has 0 bridgehead atoms. The molecule has 3 nitrogen and oxygen atoms in total. The Labute approximate surface area is 124 Å². The number of nitrogens with zero attached hydrogens (tertiary/aromatic N) is 2. The minimum Gasteiger partial charge on any atom is -0.292 e. The average Bonchev–Trinajstić information content (AvgIpc) is 2.83. The van der Waals surface area contributed by atoms with Crippen LogP contribution in [0, 0.1) is 3.57 Å². The minimum absolute atomic E-state index is 0.0743. The number of ketones is 1. The normalized spacial score (nSPS) is 10.8. The van der Waals surface area contributed by atoms with E-state index >= 15 is 0 Å². The maximum atomic E-state index is 12.2. The summed E-state index contributed by atoms with van der Waals surface area (Å²) >= 11 is 2.23. The fourth-order valence-corrected chi connectivity index (χ4v) is 2.37. The first-order chi connectivity index (χ1) is 9.24. The Balaban J connectivity index is 1.89. The summed E-state index contributed by atoms with van der Waals surface area (Å²) in [5.41, 5.74) is 1.71. The van der Waals surface area contributed by atoms with E-state index in [9.17, 15) is 4.79 Å². The van der Waals surface area contributed by atoms with Crippen LogP contribution in [0.2, 0.25) is 0 Å². The molecule has 1 aromatic heterocycles. The molecule has 3 aromatic rings. The monoisotopic (exact) mass is 362 g/mol. The van der Waals surface area contributed by atoms with Crippen molar-refractivity contribution in [2.75, 3.05) is 0 Å². The minimum atomic E-state index is 0.0743. The molecule has 2 aromatic carbocycles. The van der Waals surface area contributed by atoms with Crippen molar-refractivity contribution in [1.29, 1.82) is 0 Å². The predicted octanol–water partition coefficient (Wildman–Crippen LogP) is 3.52. The van der Waals surface area contributed by atoms with Crippen LogP contribution in [0.4, 0.5) is 0 Å². The number of fused-ring (bicyclic) bond motifs is 1. The fraction of sp³-hybridized carbons (Fsp3) is 0.0667. The predicted molar refractivity (Wildman–Crippen MR) is 83.2 cm³/mol. The van der Waals surface area contributed by atoms with Crippen molar-refractivity contribution in [3.63, 3.8) is 0 Å². The summed E-state index contributed by atoms with van der Waals surface area (Å²) < 4.78 is 2.87. The van der Waals surface area contributed by atoms with Gasteiger partial charge in [-0.1, -0.05) is 30.3 Å². The summed E-state index contributed by atoms with van der Waals surface area (Å²) in [6.07, 6.45) is 1.79. The highest BCUT2D eigenvalue weighted by atomic mass is 127. The largest absolute Gasteiger partial charge is 0.292 e. The molecular formula is C15H11IN2O. The van der Waals surface area contributed by atoms with Crippen molar-refractivity contribution in [1.82, 2.24) is 9.78 Å². The summed E-state index contributed by atoms with van der Waals surface area (Å²) in [6, 6.07) is 15.5. The number of aromatic nitrogens is 2. The number of carbonyl (C=O) groups excluding carboxylic acids is 1. The van der Waals surface area contributed by atoms with Crippen LogP contribution in [-0.2, 0) is 6.54 Å². The number of rotatable bonds is 3. The van der Waals surface area contributed by atoms with Gasteiger partial charge in [-0.05, 0) is 40.8 Å². The summed E-state index contributed by atoms with van der Waals surface area (Å²) in [6.45, 7) is 0.272. The van der Waals surface area contributed by atoms with E-state index in [1.54, 1.807) is 10.9 Å². The Hall–Kier alpha value is -1.69. The van der Waals surface area contributed by atoms with Crippen LogP contribution in [-0.4, -0.2) is 15.6 Å². The summed E-state index contributed by atoms with van der Waals surface area (Å²) in [5, 5.41) is 5.33. The molecule has 4 heteroatoms. The Bertz CT molecular complexity index is 731. The van der Waals surface area contributed by atoms with E-state index in [1.807, 2.05) is 48.5 Å². The lowest BCUT2D eigenvalue weighted by Crippen LogP contribution is -2.11. The van der Waals surface area contributed by atoms with Gasteiger partial charge in [-0.25, -0.2) is 0 Å². The third kappa shape index (κ3) is 2.53. The zero-order valence-electron chi connectivity index (χ0n) is 10.1. The molecule has 0 unspecified atom stereocenters. The molecular weight excluding hydrogens is 351 g/mol. The first-order valence-electron chi connectivity index (χ1n) is 5.93. The molecule has 0 aliphatic heterocycles. The number of para-hydroxylation sites is 1. The second-order valence-electron chi connectivity index (χ2n) is 4.29. The Morgan fingerprint density at radius 2 is 1.84 bits per heavy atom. The van der Waals surface area contributed by atoms with Crippen LogP contribution in [0.25, 0.3) is 10.9 Å². The van der Waals surface area contributed by atoms with E-state index in [1.165, 1.54) is 0 Å². The second-order valence-corrected chi connectivity index (χ2v) is 5.54. The Morgan fingerprint density at radius 1 is 1.11 bits per heavy atom. The van der Waals surface area contributed by atoms with Gasteiger partial charge in [0.2, 0.25) is 0 Å². The van der Waals surface area contributed by atoms with Crippen molar-refractivity contribution in [3.8, 4) is 0 Å². The van der Waals surface area contributed by atoms with Gasteiger partial charge >= 0.3 is 0 Å². The van der Waals surface area contributed by atoms with Crippen molar-refractivity contribution in [2.24, 2.45) is 0 Å². The number of halogens is 1. The third-order valence-corrected chi connectivity index (χ3v) is 3.73. The highest BCUT2D eigenvalue weighted by Gasteiger charge is 2.09. The van der Waals surface area contributed by atoms with Crippen LogP contribution >= 0.6 is 22.6 Å². The van der Waals surface area contributed by atoms with E-state index in [0.717, 1.165) is 20.0 Å². The van der Waals surface area contributed by atoms with Crippen LogP contribution in [0.15, 0.2) is 54.7 Å². The van der Waals surface area contributed by atoms with E-state index in [-0.39, 0.29) is 12.3 Å². The highest BCUT2D eigenvalue weighted by molar-refractivity contribution is 14.1. The molecule has 1 heterocycles. The van der Waals surface area contributed by atoms with Crippen molar-refractivity contribution in [3.05, 3.63) is 63.9 Å². The maximum absolute atomic E-state index is 12.2. The lowest BCUT2D eigenvalue weighted by Gasteiger charge is -2.03. The molecule has 0 atom stereocenters.